The molecule has 0 saturated heterocycles. The molecule has 5 rings (SSSR count). The third-order valence-electron chi connectivity index (χ3n) is 5.00. The molecule has 8 heteroatoms. The summed E-state index contributed by atoms with van der Waals surface area (Å²) in [5, 5.41) is 2.83. The highest BCUT2D eigenvalue weighted by Crippen LogP contribution is 2.18. The van der Waals surface area contributed by atoms with Gasteiger partial charge in [-0.25, -0.2) is 9.78 Å². The first kappa shape index (κ1) is 18.7. The van der Waals surface area contributed by atoms with Crippen molar-refractivity contribution in [2.75, 3.05) is 5.32 Å². The van der Waals surface area contributed by atoms with E-state index in [-0.39, 0.29) is 11.6 Å². The summed E-state index contributed by atoms with van der Waals surface area (Å²) in [7, 11) is 0. The maximum Gasteiger partial charge on any atom is 0.323 e. The van der Waals surface area contributed by atoms with Gasteiger partial charge in [-0.2, -0.15) is 0 Å². The van der Waals surface area contributed by atoms with Crippen LogP contribution < -0.4 is 15.7 Å². The predicted octanol–water partition coefficient (Wildman–Crippen LogP) is 3.64. The predicted molar refractivity (Wildman–Crippen MR) is 118 cm³/mol. The number of imidazole rings is 2. The van der Waals surface area contributed by atoms with E-state index >= 15 is 0 Å². The van der Waals surface area contributed by atoms with Gasteiger partial charge in [0.25, 0.3) is 5.91 Å². The number of hydrogen-bond acceptors (Lipinski definition) is 4. The summed E-state index contributed by atoms with van der Waals surface area (Å²) in [6.45, 7) is 2.36. The van der Waals surface area contributed by atoms with Crippen LogP contribution in [-0.2, 0) is 6.61 Å². The molecule has 0 bridgehead atoms. The smallest absolute Gasteiger partial charge is 0.323 e. The zero-order valence-electron chi connectivity index (χ0n) is 16.7. The van der Waals surface area contributed by atoms with Gasteiger partial charge < -0.3 is 24.4 Å². The largest absolute Gasteiger partial charge is 0.487 e. The van der Waals surface area contributed by atoms with E-state index in [4.69, 9.17) is 4.74 Å². The maximum atomic E-state index is 12.5. The Morgan fingerprint density at radius 2 is 1.90 bits per heavy atom. The first-order valence-electron chi connectivity index (χ1n) is 9.75. The Hall–Kier alpha value is -4.33. The number of nitrogens with zero attached hydrogens (tertiary/aromatic N) is 2. The number of carbonyl (C=O) groups is 1. The molecule has 0 unspecified atom stereocenters. The monoisotopic (exact) mass is 413 g/mol. The van der Waals surface area contributed by atoms with Gasteiger partial charge in [0.05, 0.1) is 16.7 Å². The van der Waals surface area contributed by atoms with E-state index in [1.807, 2.05) is 35.9 Å². The summed E-state index contributed by atoms with van der Waals surface area (Å²) in [4.78, 5) is 33.8. The van der Waals surface area contributed by atoms with Crippen molar-refractivity contribution in [2.45, 2.75) is 13.5 Å². The van der Waals surface area contributed by atoms with Gasteiger partial charge in [0.15, 0.2) is 0 Å². The number of aromatic amines is 2. The van der Waals surface area contributed by atoms with Crippen LogP contribution in [0.3, 0.4) is 0 Å². The van der Waals surface area contributed by atoms with Crippen molar-refractivity contribution in [1.29, 1.82) is 0 Å². The van der Waals surface area contributed by atoms with Gasteiger partial charge in [-0.1, -0.05) is 6.07 Å². The van der Waals surface area contributed by atoms with E-state index < -0.39 is 0 Å². The fourth-order valence-corrected chi connectivity index (χ4v) is 3.45. The number of anilines is 1. The number of pyridine rings is 1. The summed E-state index contributed by atoms with van der Waals surface area (Å²) in [6.07, 6.45) is 3.90. The highest BCUT2D eigenvalue weighted by Gasteiger charge is 2.09. The molecule has 0 saturated carbocycles. The fourth-order valence-electron chi connectivity index (χ4n) is 3.45. The van der Waals surface area contributed by atoms with Crippen LogP contribution >= 0.6 is 0 Å². The van der Waals surface area contributed by atoms with Crippen LogP contribution in [0.25, 0.3) is 16.7 Å². The SMILES string of the molecule is Cc1cccn2cc(COc3ccc(C(=O)Nc4ccc5[nH]c(=O)[nH]c5c4)cc3)nc12. The molecule has 0 radical (unpaired) electrons. The van der Waals surface area contributed by atoms with Crippen LogP contribution in [0.2, 0.25) is 0 Å². The van der Waals surface area contributed by atoms with Gasteiger partial charge >= 0.3 is 5.69 Å². The van der Waals surface area contributed by atoms with Crippen molar-refractivity contribution >= 4 is 28.3 Å². The van der Waals surface area contributed by atoms with Crippen molar-refractivity contribution in [3.63, 3.8) is 0 Å². The molecule has 154 valence electrons. The molecule has 31 heavy (non-hydrogen) atoms. The number of ether oxygens (including phenoxy) is 1. The number of hydrogen-bond donors (Lipinski definition) is 3. The van der Waals surface area contributed by atoms with E-state index in [0.29, 0.717) is 34.6 Å². The minimum Gasteiger partial charge on any atom is -0.487 e. The summed E-state index contributed by atoms with van der Waals surface area (Å²) in [5.74, 6) is 0.399. The molecule has 0 aliphatic heterocycles. The number of H-pyrrole nitrogens is 2. The molecule has 0 fully saturated rings. The average Bonchev–Trinajstić information content (AvgIpc) is 3.35. The van der Waals surface area contributed by atoms with Gasteiger partial charge in [-0.3, -0.25) is 4.79 Å². The molecule has 0 aliphatic carbocycles. The molecule has 0 aliphatic rings. The highest BCUT2D eigenvalue weighted by molar-refractivity contribution is 6.05. The second-order valence-corrected chi connectivity index (χ2v) is 7.26. The number of carbonyl (C=O) groups excluding carboxylic acids is 1. The topological polar surface area (TPSA) is 104 Å². The van der Waals surface area contributed by atoms with Crippen LogP contribution in [0.5, 0.6) is 5.75 Å². The fraction of sp³-hybridized carbons (Fsp3) is 0.0870. The van der Waals surface area contributed by atoms with Crippen LogP contribution in [0.4, 0.5) is 5.69 Å². The molecule has 2 aromatic carbocycles. The number of amides is 1. The molecule has 0 spiro atoms. The Balaban J connectivity index is 1.24. The zero-order chi connectivity index (χ0) is 21.4. The highest BCUT2D eigenvalue weighted by atomic mass is 16.5. The van der Waals surface area contributed by atoms with Crippen molar-refractivity contribution in [3.05, 3.63) is 94.3 Å². The lowest BCUT2D eigenvalue weighted by Gasteiger charge is -2.07. The molecular formula is C23H19N5O3. The van der Waals surface area contributed by atoms with Crippen molar-refractivity contribution in [1.82, 2.24) is 19.4 Å². The normalized spacial score (nSPS) is 11.1. The van der Waals surface area contributed by atoms with Gasteiger partial charge in [-0.15, -0.1) is 0 Å². The Labute approximate surface area is 176 Å². The Bertz CT molecular complexity index is 1460. The van der Waals surface area contributed by atoms with Crippen LogP contribution in [-0.4, -0.2) is 25.3 Å². The molecule has 1 amide bonds. The van der Waals surface area contributed by atoms with E-state index in [2.05, 4.69) is 20.3 Å². The third kappa shape index (κ3) is 3.78. The van der Waals surface area contributed by atoms with E-state index in [0.717, 1.165) is 16.9 Å². The van der Waals surface area contributed by atoms with E-state index in [1.165, 1.54) is 0 Å². The quantitative estimate of drug-likeness (QED) is 0.409. The Morgan fingerprint density at radius 1 is 1.10 bits per heavy atom. The van der Waals surface area contributed by atoms with Gasteiger partial charge in [-0.05, 0) is 61.0 Å². The number of rotatable bonds is 5. The lowest BCUT2D eigenvalue weighted by atomic mass is 10.2. The summed E-state index contributed by atoms with van der Waals surface area (Å²) in [6, 6.07) is 16.1. The van der Waals surface area contributed by atoms with E-state index in [9.17, 15) is 9.59 Å². The zero-order valence-corrected chi connectivity index (χ0v) is 16.7. The molecular weight excluding hydrogens is 394 g/mol. The number of aryl methyl sites for hydroxylation is 1. The molecule has 3 heterocycles. The first-order chi connectivity index (χ1) is 15.0. The summed E-state index contributed by atoms with van der Waals surface area (Å²) < 4.78 is 7.79. The Kier molecular flexibility index (Phi) is 4.51. The van der Waals surface area contributed by atoms with Crippen molar-refractivity contribution < 1.29 is 9.53 Å². The lowest BCUT2D eigenvalue weighted by molar-refractivity contribution is 0.102. The minimum atomic E-state index is -0.284. The molecule has 8 nitrogen and oxygen atoms in total. The molecule has 3 N–H and O–H groups in total. The van der Waals surface area contributed by atoms with Gasteiger partial charge in [0.2, 0.25) is 0 Å². The van der Waals surface area contributed by atoms with Crippen molar-refractivity contribution in [2.24, 2.45) is 0 Å². The third-order valence-corrected chi connectivity index (χ3v) is 5.00. The van der Waals surface area contributed by atoms with Crippen LogP contribution in [0.15, 0.2) is 71.8 Å². The summed E-state index contributed by atoms with van der Waals surface area (Å²) in [5.41, 5.74) is 4.97. The molecule has 5 aromatic rings. The van der Waals surface area contributed by atoms with Crippen LogP contribution in [0.1, 0.15) is 21.6 Å². The average molecular weight is 413 g/mol. The van der Waals surface area contributed by atoms with Crippen LogP contribution in [0, 0.1) is 6.92 Å². The number of benzene rings is 2. The number of fused-ring (bicyclic) bond motifs is 2. The number of nitrogens with one attached hydrogen (secondary N) is 3. The molecule has 3 aromatic heterocycles. The summed E-state index contributed by atoms with van der Waals surface area (Å²) >= 11 is 0. The Morgan fingerprint density at radius 3 is 2.71 bits per heavy atom. The lowest BCUT2D eigenvalue weighted by Crippen LogP contribution is -2.11. The standard InChI is InChI=1S/C23H19N5O3/c1-14-3-2-10-28-12-17(24-21(14)28)13-31-18-7-4-15(5-8-18)22(29)25-16-6-9-19-20(11-16)27-23(30)26-19/h2-12H,13H2,1H3,(H,25,29)(H2,26,27,30). The number of aromatic nitrogens is 4. The first-order valence-corrected chi connectivity index (χ1v) is 9.75. The van der Waals surface area contributed by atoms with Crippen molar-refractivity contribution in [3.8, 4) is 5.75 Å². The molecule has 0 atom stereocenters. The minimum absolute atomic E-state index is 0.250. The van der Waals surface area contributed by atoms with E-state index in [1.54, 1.807) is 42.5 Å². The maximum absolute atomic E-state index is 12.5. The van der Waals surface area contributed by atoms with Gasteiger partial charge in [0.1, 0.15) is 18.0 Å². The van der Waals surface area contributed by atoms with Gasteiger partial charge in [0, 0.05) is 23.6 Å². The second kappa shape index (κ2) is 7.49. The second-order valence-electron chi connectivity index (χ2n) is 7.26.